The third kappa shape index (κ3) is 3.33. The fraction of sp³-hybridized carbons (Fsp3) is 0.625. The van der Waals surface area contributed by atoms with Crippen LogP contribution in [-0.2, 0) is 11.2 Å². The van der Waals surface area contributed by atoms with Crippen LogP contribution >= 0.6 is 11.6 Å². The number of benzene rings is 1. The van der Waals surface area contributed by atoms with Crippen molar-refractivity contribution >= 4 is 11.6 Å². The zero-order valence-corrected chi connectivity index (χ0v) is 12.6. The molecule has 1 atom stereocenters. The van der Waals surface area contributed by atoms with Gasteiger partial charge in [-0.1, -0.05) is 49.4 Å². The smallest absolute Gasteiger partial charge is 0.145 e. The van der Waals surface area contributed by atoms with Gasteiger partial charge in [-0.05, 0) is 24.5 Å². The van der Waals surface area contributed by atoms with Crippen molar-refractivity contribution in [2.24, 2.45) is 0 Å². The van der Waals surface area contributed by atoms with E-state index < -0.39 is 17.5 Å². The molecular formula is C16H22ClFO2. The zero-order chi connectivity index (χ0) is 14.6. The molecule has 0 saturated heterocycles. The number of hydrogen-bond acceptors (Lipinski definition) is 2. The van der Waals surface area contributed by atoms with Crippen LogP contribution in [0.5, 0.6) is 0 Å². The van der Waals surface area contributed by atoms with E-state index in [1.165, 1.54) is 18.9 Å². The molecule has 1 aliphatic carbocycles. The fourth-order valence-corrected chi connectivity index (χ4v) is 3.29. The maximum atomic E-state index is 14.0. The summed E-state index contributed by atoms with van der Waals surface area (Å²) in [6.07, 6.45) is 5.61. The lowest BCUT2D eigenvalue weighted by Gasteiger charge is -2.36. The molecule has 1 saturated carbocycles. The first-order valence-electron chi connectivity index (χ1n) is 7.25. The summed E-state index contributed by atoms with van der Waals surface area (Å²) in [5.41, 5.74) is -0.101. The molecular weight excluding hydrogens is 279 g/mol. The minimum Gasteiger partial charge on any atom is -0.390 e. The van der Waals surface area contributed by atoms with Crippen molar-refractivity contribution in [2.75, 3.05) is 7.11 Å². The summed E-state index contributed by atoms with van der Waals surface area (Å²) in [6, 6.07) is 4.90. The molecule has 20 heavy (non-hydrogen) atoms. The number of ether oxygens (including phenoxy) is 1. The SMILES string of the molecule is COC1(C(O)Cc2cccc(Cl)c2F)CCCCCC1. The van der Waals surface area contributed by atoms with Crippen LogP contribution in [0.15, 0.2) is 18.2 Å². The minimum absolute atomic E-state index is 0.0991. The molecule has 1 aromatic carbocycles. The maximum Gasteiger partial charge on any atom is 0.145 e. The molecule has 2 nitrogen and oxygen atoms in total. The monoisotopic (exact) mass is 300 g/mol. The molecule has 1 aliphatic rings. The summed E-state index contributed by atoms with van der Waals surface area (Å²) < 4.78 is 19.6. The number of methoxy groups -OCH3 is 1. The van der Waals surface area contributed by atoms with Crippen molar-refractivity contribution in [1.29, 1.82) is 0 Å². The predicted octanol–water partition coefficient (Wildman–Crippen LogP) is 4.12. The van der Waals surface area contributed by atoms with E-state index >= 15 is 0 Å². The molecule has 0 radical (unpaired) electrons. The Bertz CT molecular complexity index is 442. The van der Waals surface area contributed by atoms with Gasteiger partial charge in [-0.2, -0.15) is 0 Å². The van der Waals surface area contributed by atoms with Gasteiger partial charge >= 0.3 is 0 Å². The molecule has 0 heterocycles. The van der Waals surface area contributed by atoms with E-state index in [1.54, 1.807) is 19.2 Å². The molecule has 0 bridgehead atoms. The highest BCUT2D eigenvalue weighted by Crippen LogP contribution is 2.34. The Balaban J connectivity index is 2.16. The standard InChI is InChI=1S/C16H22ClFO2/c1-20-16(9-4-2-3-5-10-16)14(19)11-12-7-6-8-13(17)15(12)18/h6-8,14,19H,2-5,9-11H2,1H3. The second-order valence-corrected chi connectivity index (χ2v) is 6.02. The van der Waals surface area contributed by atoms with E-state index in [-0.39, 0.29) is 11.4 Å². The van der Waals surface area contributed by atoms with Crippen LogP contribution in [0.25, 0.3) is 0 Å². The lowest BCUT2D eigenvalue weighted by atomic mass is 9.84. The van der Waals surface area contributed by atoms with Crippen molar-refractivity contribution in [3.05, 3.63) is 34.6 Å². The zero-order valence-electron chi connectivity index (χ0n) is 11.9. The fourth-order valence-electron chi connectivity index (χ4n) is 3.10. The summed E-state index contributed by atoms with van der Waals surface area (Å²) in [5.74, 6) is -0.437. The van der Waals surface area contributed by atoms with Gasteiger partial charge < -0.3 is 9.84 Å². The van der Waals surface area contributed by atoms with Crippen LogP contribution in [0.1, 0.15) is 44.1 Å². The highest BCUT2D eigenvalue weighted by molar-refractivity contribution is 6.30. The van der Waals surface area contributed by atoms with Crippen molar-refractivity contribution in [2.45, 2.75) is 56.7 Å². The number of aliphatic hydroxyl groups is 1. The molecule has 0 spiro atoms. The summed E-state index contributed by atoms with van der Waals surface area (Å²) in [4.78, 5) is 0. The van der Waals surface area contributed by atoms with Crippen LogP contribution in [-0.4, -0.2) is 23.9 Å². The first-order valence-corrected chi connectivity index (χ1v) is 7.63. The molecule has 1 aromatic rings. The average molecular weight is 301 g/mol. The first kappa shape index (κ1) is 15.7. The largest absolute Gasteiger partial charge is 0.390 e. The van der Waals surface area contributed by atoms with Crippen LogP contribution in [0, 0.1) is 5.82 Å². The van der Waals surface area contributed by atoms with E-state index in [9.17, 15) is 9.50 Å². The minimum atomic E-state index is -0.710. The predicted molar refractivity (Wildman–Crippen MR) is 78.6 cm³/mol. The molecule has 112 valence electrons. The molecule has 4 heteroatoms. The summed E-state index contributed by atoms with van der Waals surface area (Å²) in [5, 5.41) is 10.7. The van der Waals surface area contributed by atoms with Crippen molar-refractivity contribution < 1.29 is 14.2 Å². The second kappa shape index (κ2) is 6.88. The number of rotatable bonds is 4. The van der Waals surface area contributed by atoms with Gasteiger partial charge in [0.15, 0.2) is 0 Å². The van der Waals surface area contributed by atoms with Gasteiger partial charge in [0.1, 0.15) is 5.82 Å². The molecule has 0 aliphatic heterocycles. The van der Waals surface area contributed by atoms with E-state index in [0.717, 1.165) is 25.7 Å². The van der Waals surface area contributed by atoms with E-state index in [0.29, 0.717) is 5.56 Å². The Morgan fingerprint density at radius 3 is 2.55 bits per heavy atom. The lowest BCUT2D eigenvalue weighted by Crippen LogP contribution is -2.45. The van der Waals surface area contributed by atoms with E-state index in [2.05, 4.69) is 0 Å². The average Bonchev–Trinajstić information content (AvgIpc) is 2.70. The second-order valence-electron chi connectivity index (χ2n) is 5.62. The van der Waals surface area contributed by atoms with Gasteiger partial charge in [-0.25, -0.2) is 4.39 Å². The summed E-state index contributed by atoms with van der Waals surface area (Å²) in [6.45, 7) is 0. The Morgan fingerprint density at radius 2 is 1.95 bits per heavy atom. The van der Waals surface area contributed by atoms with Crippen molar-refractivity contribution in [3.8, 4) is 0 Å². The highest BCUT2D eigenvalue weighted by atomic mass is 35.5. The third-order valence-corrected chi connectivity index (χ3v) is 4.70. The van der Waals surface area contributed by atoms with Crippen LogP contribution < -0.4 is 0 Å². The molecule has 1 unspecified atom stereocenters. The Hall–Kier alpha value is -0.640. The highest BCUT2D eigenvalue weighted by Gasteiger charge is 2.38. The number of hydrogen-bond donors (Lipinski definition) is 1. The number of halogens is 2. The lowest BCUT2D eigenvalue weighted by molar-refractivity contribution is -0.111. The van der Waals surface area contributed by atoms with Gasteiger partial charge in [0.05, 0.1) is 16.7 Å². The van der Waals surface area contributed by atoms with Crippen molar-refractivity contribution in [3.63, 3.8) is 0 Å². The summed E-state index contributed by atoms with van der Waals surface area (Å²) in [7, 11) is 1.64. The molecule has 0 aromatic heterocycles. The van der Waals surface area contributed by atoms with Gasteiger partial charge in [0.2, 0.25) is 0 Å². The Labute approximate surface area is 124 Å². The van der Waals surface area contributed by atoms with Crippen LogP contribution in [0.4, 0.5) is 4.39 Å². The van der Waals surface area contributed by atoms with Crippen molar-refractivity contribution in [1.82, 2.24) is 0 Å². The Morgan fingerprint density at radius 1 is 1.30 bits per heavy atom. The van der Waals surface area contributed by atoms with E-state index in [4.69, 9.17) is 16.3 Å². The van der Waals surface area contributed by atoms with Gasteiger partial charge in [0.25, 0.3) is 0 Å². The van der Waals surface area contributed by atoms with E-state index in [1.807, 2.05) is 0 Å². The topological polar surface area (TPSA) is 29.5 Å². The first-order chi connectivity index (χ1) is 9.59. The third-order valence-electron chi connectivity index (χ3n) is 4.41. The van der Waals surface area contributed by atoms with Crippen LogP contribution in [0.2, 0.25) is 5.02 Å². The summed E-state index contributed by atoms with van der Waals surface area (Å²) >= 11 is 5.79. The molecule has 1 fully saturated rings. The number of aliphatic hydroxyl groups excluding tert-OH is 1. The van der Waals surface area contributed by atoms with Gasteiger partial charge in [-0.15, -0.1) is 0 Å². The molecule has 1 N–H and O–H groups in total. The van der Waals surface area contributed by atoms with Gasteiger partial charge in [0, 0.05) is 13.5 Å². The quantitative estimate of drug-likeness (QED) is 0.848. The normalized spacial score (nSPS) is 20.4. The maximum absolute atomic E-state index is 14.0. The Kier molecular flexibility index (Phi) is 5.42. The molecule has 0 amide bonds. The molecule has 2 rings (SSSR count). The van der Waals surface area contributed by atoms with Gasteiger partial charge in [-0.3, -0.25) is 0 Å². The van der Waals surface area contributed by atoms with Crippen LogP contribution in [0.3, 0.4) is 0 Å².